The third-order valence-electron chi connectivity index (χ3n) is 6.00. The second kappa shape index (κ2) is 8.95. The van der Waals surface area contributed by atoms with Crippen molar-refractivity contribution in [3.05, 3.63) is 47.5 Å². The number of nitrogens with one attached hydrogen (secondary N) is 1. The van der Waals surface area contributed by atoms with Crippen LogP contribution in [0.4, 0.5) is 0 Å². The molecule has 2 aromatic rings. The Morgan fingerprint density at radius 1 is 1.00 bits per heavy atom. The fourth-order valence-electron chi connectivity index (χ4n) is 4.28. The van der Waals surface area contributed by atoms with Crippen molar-refractivity contribution >= 4 is 10.0 Å². The van der Waals surface area contributed by atoms with Gasteiger partial charge in [-0.25, -0.2) is 18.1 Å². The van der Waals surface area contributed by atoms with Gasteiger partial charge >= 0.3 is 0 Å². The highest BCUT2D eigenvalue weighted by molar-refractivity contribution is 7.89. The molecule has 8 heteroatoms. The molecule has 1 fully saturated rings. The van der Waals surface area contributed by atoms with Crippen molar-refractivity contribution < 1.29 is 8.42 Å². The molecule has 29 heavy (non-hydrogen) atoms. The van der Waals surface area contributed by atoms with Gasteiger partial charge in [-0.15, -0.1) is 0 Å². The van der Waals surface area contributed by atoms with E-state index in [2.05, 4.69) is 26.0 Å². The lowest BCUT2D eigenvalue weighted by Crippen LogP contribution is -2.48. The highest BCUT2D eigenvalue weighted by atomic mass is 32.2. The highest BCUT2D eigenvalue weighted by Gasteiger charge is 2.22. The molecular weight excluding hydrogens is 386 g/mol. The maximum atomic E-state index is 12.3. The molecule has 2 aliphatic rings. The van der Waals surface area contributed by atoms with Crippen LogP contribution in [0, 0.1) is 6.92 Å². The van der Waals surface area contributed by atoms with Crippen LogP contribution in [0.3, 0.4) is 0 Å². The molecule has 1 saturated heterocycles. The first-order valence-corrected chi connectivity index (χ1v) is 12.1. The molecule has 1 aromatic carbocycles. The average molecular weight is 418 g/mol. The normalized spacial score (nSPS) is 18.7. The van der Waals surface area contributed by atoms with Crippen LogP contribution in [-0.4, -0.2) is 67.0 Å². The van der Waals surface area contributed by atoms with Gasteiger partial charge in [0.1, 0.15) is 5.82 Å². The van der Waals surface area contributed by atoms with E-state index in [1.807, 2.05) is 6.07 Å². The first-order chi connectivity index (χ1) is 14.0. The second-order valence-corrected chi connectivity index (χ2v) is 9.76. The zero-order valence-corrected chi connectivity index (χ0v) is 18.0. The standard InChI is InChI=1S/C21H31N5O2S/c1-18-20(26-11-6-5-9-21(26)23-18)17-25-15-13-24(14-16-25)12-10-22-29(27,28)19-7-3-2-4-8-19/h2-4,7-8,22H,5-6,9-17H2,1H3. The lowest BCUT2D eigenvalue weighted by atomic mass is 10.1. The quantitative estimate of drug-likeness (QED) is 0.741. The molecule has 0 unspecified atom stereocenters. The average Bonchev–Trinajstić information content (AvgIpc) is 3.05. The lowest BCUT2D eigenvalue weighted by Gasteiger charge is -2.35. The van der Waals surface area contributed by atoms with Gasteiger partial charge in [0.2, 0.25) is 10.0 Å². The molecule has 0 amide bonds. The molecule has 7 nitrogen and oxygen atoms in total. The number of fused-ring (bicyclic) bond motifs is 1. The molecule has 4 rings (SSSR count). The summed E-state index contributed by atoms with van der Waals surface area (Å²) in [6, 6.07) is 8.55. The Hall–Kier alpha value is -1.74. The number of aromatic nitrogens is 2. The number of hydrogen-bond acceptors (Lipinski definition) is 5. The van der Waals surface area contributed by atoms with Crippen LogP contribution in [0.5, 0.6) is 0 Å². The molecule has 1 N–H and O–H groups in total. The molecule has 0 atom stereocenters. The van der Waals surface area contributed by atoms with Crippen LogP contribution < -0.4 is 4.72 Å². The summed E-state index contributed by atoms with van der Waals surface area (Å²) < 4.78 is 29.8. The molecule has 1 aromatic heterocycles. The van der Waals surface area contributed by atoms with E-state index in [-0.39, 0.29) is 0 Å². The van der Waals surface area contributed by atoms with Crippen molar-refractivity contribution in [1.82, 2.24) is 24.1 Å². The van der Waals surface area contributed by atoms with Gasteiger partial charge in [-0.1, -0.05) is 18.2 Å². The fraction of sp³-hybridized carbons (Fsp3) is 0.571. The topological polar surface area (TPSA) is 70.5 Å². The Morgan fingerprint density at radius 2 is 1.72 bits per heavy atom. The van der Waals surface area contributed by atoms with Crippen LogP contribution in [0.1, 0.15) is 30.1 Å². The zero-order valence-electron chi connectivity index (χ0n) is 17.2. The molecule has 0 aliphatic carbocycles. The smallest absolute Gasteiger partial charge is 0.240 e. The summed E-state index contributed by atoms with van der Waals surface area (Å²) in [4.78, 5) is 9.94. The van der Waals surface area contributed by atoms with Crippen molar-refractivity contribution in [3.63, 3.8) is 0 Å². The second-order valence-electron chi connectivity index (χ2n) is 8.00. The predicted molar refractivity (Wildman–Crippen MR) is 113 cm³/mol. The van der Waals surface area contributed by atoms with E-state index in [4.69, 9.17) is 4.98 Å². The highest BCUT2D eigenvalue weighted by Crippen LogP contribution is 2.21. The van der Waals surface area contributed by atoms with Gasteiger partial charge in [-0.3, -0.25) is 9.80 Å². The third-order valence-corrected chi connectivity index (χ3v) is 7.47. The lowest BCUT2D eigenvalue weighted by molar-refractivity contribution is 0.126. The Kier molecular flexibility index (Phi) is 6.34. The van der Waals surface area contributed by atoms with E-state index < -0.39 is 10.0 Å². The fourth-order valence-corrected chi connectivity index (χ4v) is 5.32. The van der Waals surface area contributed by atoms with E-state index in [1.54, 1.807) is 24.3 Å². The molecule has 2 aliphatic heterocycles. The van der Waals surface area contributed by atoms with Gasteiger partial charge in [0.05, 0.1) is 16.3 Å². The minimum atomic E-state index is -3.42. The maximum absolute atomic E-state index is 12.3. The molecule has 3 heterocycles. The summed E-state index contributed by atoms with van der Waals surface area (Å²) in [6.07, 6.45) is 3.61. The van der Waals surface area contributed by atoms with Gasteiger partial charge in [-0.05, 0) is 31.9 Å². The number of rotatable bonds is 7. The molecule has 0 spiro atoms. The van der Waals surface area contributed by atoms with E-state index >= 15 is 0 Å². The van der Waals surface area contributed by atoms with Crippen molar-refractivity contribution in [2.24, 2.45) is 0 Å². The Balaban J connectivity index is 1.24. The molecule has 0 saturated carbocycles. The third kappa shape index (κ3) is 4.88. The maximum Gasteiger partial charge on any atom is 0.240 e. The van der Waals surface area contributed by atoms with Crippen molar-refractivity contribution in [1.29, 1.82) is 0 Å². The number of sulfonamides is 1. The SMILES string of the molecule is Cc1nc2n(c1CN1CCN(CCNS(=O)(=O)c3ccccc3)CC1)CCCC2. The number of piperazine rings is 1. The van der Waals surface area contributed by atoms with Crippen molar-refractivity contribution in [2.45, 2.75) is 44.2 Å². The van der Waals surface area contributed by atoms with Gasteiger partial charge in [0.15, 0.2) is 0 Å². The first kappa shape index (κ1) is 20.5. The summed E-state index contributed by atoms with van der Waals surface area (Å²) in [6.45, 7) is 9.32. The molecule has 0 radical (unpaired) electrons. The number of hydrogen-bond donors (Lipinski definition) is 1. The minimum Gasteiger partial charge on any atom is -0.331 e. The Labute approximate surface area is 173 Å². The van der Waals surface area contributed by atoms with Crippen LogP contribution >= 0.6 is 0 Å². The summed E-state index contributed by atoms with van der Waals surface area (Å²) in [5, 5.41) is 0. The number of aryl methyl sites for hydroxylation is 2. The van der Waals surface area contributed by atoms with E-state index in [0.29, 0.717) is 11.4 Å². The van der Waals surface area contributed by atoms with E-state index in [0.717, 1.165) is 52.2 Å². The largest absolute Gasteiger partial charge is 0.331 e. The van der Waals surface area contributed by atoms with Gasteiger partial charge in [0.25, 0.3) is 0 Å². The summed E-state index contributed by atoms with van der Waals surface area (Å²) in [5.74, 6) is 1.26. The minimum absolute atomic E-state index is 0.323. The Bertz CT molecular complexity index is 918. The molecule has 158 valence electrons. The molecule has 0 bridgehead atoms. The van der Waals surface area contributed by atoms with E-state index in [9.17, 15) is 8.42 Å². The summed E-state index contributed by atoms with van der Waals surface area (Å²) in [7, 11) is -3.42. The van der Waals surface area contributed by atoms with Gasteiger partial charge in [-0.2, -0.15) is 0 Å². The van der Waals surface area contributed by atoms with Crippen molar-refractivity contribution in [2.75, 3.05) is 39.3 Å². The zero-order chi connectivity index (χ0) is 20.3. The van der Waals surface area contributed by atoms with Gasteiger partial charge in [0, 0.05) is 58.8 Å². The summed E-state index contributed by atoms with van der Waals surface area (Å²) >= 11 is 0. The number of benzene rings is 1. The monoisotopic (exact) mass is 417 g/mol. The van der Waals surface area contributed by atoms with E-state index in [1.165, 1.54) is 30.1 Å². The van der Waals surface area contributed by atoms with Crippen LogP contribution in [0.25, 0.3) is 0 Å². The number of imidazole rings is 1. The molecular formula is C21H31N5O2S. The van der Waals surface area contributed by atoms with Gasteiger partial charge < -0.3 is 4.57 Å². The van der Waals surface area contributed by atoms with Crippen LogP contribution in [0.15, 0.2) is 35.2 Å². The van der Waals surface area contributed by atoms with Crippen LogP contribution in [0.2, 0.25) is 0 Å². The predicted octanol–water partition coefficient (Wildman–Crippen LogP) is 1.62. The number of nitrogens with zero attached hydrogens (tertiary/aromatic N) is 4. The van der Waals surface area contributed by atoms with Crippen LogP contribution in [-0.2, 0) is 29.5 Å². The Morgan fingerprint density at radius 3 is 2.48 bits per heavy atom. The van der Waals surface area contributed by atoms with Crippen molar-refractivity contribution in [3.8, 4) is 0 Å². The first-order valence-electron chi connectivity index (χ1n) is 10.6. The summed E-state index contributed by atoms with van der Waals surface area (Å²) in [5.41, 5.74) is 2.56.